The number of benzene rings is 1. The fourth-order valence-corrected chi connectivity index (χ4v) is 3.37. The second-order valence-electron chi connectivity index (χ2n) is 6.84. The van der Waals surface area contributed by atoms with Gasteiger partial charge in [0.05, 0.1) is 32.4 Å². The number of methoxy groups -OCH3 is 1. The highest BCUT2D eigenvalue weighted by atomic mass is 35.5. The van der Waals surface area contributed by atoms with Crippen molar-refractivity contribution >= 4 is 29.1 Å². The van der Waals surface area contributed by atoms with Gasteiger partial charge in [-0.2, -0.15) is 0 Å². The van der Waals surface area contributed by atoms with Gasteiger partial charge in [-0.1, -0.05) is 18.0 Å². The van der Waals surface area contributed by atoms with Gasteiger partial charge >= 0.3 is 0 Å². The SMILES string of the molecule is COc1ccc(Cl)cc1NC(=O)CN(C)C(=O)C[NH+]1CCCCCCC1. The van der Waals surface area contributed by atoms with Gasteiger partial charge in [0, 0.05) is 12.1 Å². The number of carbonyl (C=O) groups is 2. The zero-order valence-electron chi connectivity index (χ0n) is 15.6. The lowest BCUT2D eigenvalue weighted by molar-refractivity contribution is -0.893. The van der Waals surface area contributed by atoms with Gasteiger partial charge in [0.25, 0.3) is 5.91 Å². The second kappa shape index (κ2) is 10.4. The third-order valence-electron chi connectivity index (χ3n) is 4.70. The van der Waals surface area contributed by atoms with E-state index >= 15 is 0 Å². The van der Waals surface area contributed by atoms with Crippen molar-refractivity contribution in [1.29, 1.82) is 0 Å². The summed E-state index contributed by atoms with van der Waals surface area (Å²) >= 11 is 5.97. The Hall–Kier alpha value is -1.79. The molecule has 26 heavy (non-hydrogen) atoms. The quantitative estimate of drug-likeness (QED) is 0.785. The first kappa shape index (κ1) is 20.5. The van der Waals surface area contributed by atoms with E-state index in [0.717, 1.165) is 13.1 Å². The van der Waals surface area contributed by atoms with Gasteiger partial charge in [-0.05, 0) is 43.9 Å². The van der Waals surface area contributed by atoms with Crippen LogP contribution in [0.4, 0.5) is 5.69 Å². The summed E-state index contributed by atoms with van der Waals surface area (Å²) < 4.78 is 5.22. The molecule has 0 unspecified atom stereocenters. The minimum Gasteiger partial charge on any atom is -0.495 e. The summed E-state index contributed by atoms with van der Waals surface area (Å²) in [4.78, 5) is 27.5. The van der Waals surface area contributed by atoms with E-state index in [9.17, 15) is 9.59 Å². The Bertz CT molecular complexity index is 616. The monoisotopic (exact) mass is 382 g/mol. The van der Waals surface area contributed by atoms with Gasteiger partial charge in [0.2, 0.25) is 5.91 Å². The van der Waals surface area contributed by atoms with Crippen molar-refractivity contribution in [1.82, 2.24) is 4.90 Å². The Kier molecular flexibility index (Phi) is 8.19. The molecule has 1 aliphatic rings. The molecule has 1 heterocycles. The molecular formula is C19H29ClN3O3+. The molecule has 7 heteroatoms. The number of likely N-dealkylation sites (N-methyl/N-ethyl adjacent to an activating group) is 1. The van der Waals surface area contributed by atoms with Crippen molar-refractivity contribution in [3.05, 3.63) is 23.2 Å². The maximum Gasteiger partial charge on any atom is 0.277 e. The smallest absolute Gasteiger partial charge is 0.277 e. The van der Waals surface area contributed by atoms with Crippen LogP contribution in [-0.2, 0) is 9.59 Å². The van der Waals surface area contributed by atoms with Crippen LogP contribution >= 0.6 is 11.6 Å². The third kappa shape index (κ3) is 6.50. The summed E-state index contributed by atoms with van der Waals surface area (Å²) in [7, 11) is 3.20. The average Bonchev–Trinajstić information content (AvgIpc) is 2.57. The van der Waals surface area contributed by atoms with Crippen LogP contribution in [0.1, 0.15) is 32.1 Å². The number of hydrogen-bond donors (Lipinski definition) is 2. The van der Waals surface area contributed by atoms with Crippen LogP contribution in [0.15, 0.2) is 18.2 Å². The highest BCUT2D eigenvalue weighted by molar-refractivity contribution is 6.31. The molecular weight excluding hydrogens is 354 g/mol. The van der Waals surface area contributed by atoms with Gasteiger partial charge < -0.3 is 19.9 Å². The molecule has 1 aliphatic heterocycles. The fourth-order valence-electron chi connectivity index (χ4n) is 3.20. The van der Waals surface area contributed by atoms with E-state index in [0.29, 0.717) is 23.0 Å². The minimum absolute atomic E-state index is 0.00177. The highest BCUT2D eigenvalue weighted by Crippen LogP contribution is 2.27. The zero-order valence-corrected chi connectivity index (χ0v) is 16.4. The summed E-state index contributed by atoms with van der Waals surface area (Å²) in [6.07, 6.45) is 6.13. The van der Waals surface area contributed by atoms with Crippen LogP contribution in [0.25, 0.3) is 0 Å². The van der Waals surface area contributed by atoms with Gasteiger partial charge in [-0.3, -0.25) is 9.59 Å². The molecule has 2 amide bonds. The normalized spacial score (nSPS) is 15.7. The first-order valence-electron chi connectivity index (χ1n) is 9.20. The van der Waals surface area contributed by atoms with Crippen molar-refractivity contribution < 1.29 is 19.2 Å². The zero-order chi connectivity index (χ0) is 18.9. The number of ether oxygens (including phenoxy) is 1. The van der Waals surface area contributed by atoms with E-state index in [1.807, 2.05) is 0 Å². The summed E-state index contributed by atoms with van der Waals surface area (Å²) in [6.45, 7) is 2.52. The molecule has 2 N–H and O–H groups in total. The minimum atomic E-state index is -0.274. The summed E-state index contributed by atoms with van der Waals surface area (Å²) in [5, 5.41) is 3.27. The molecule has 1 aromatic rings. The second-order valence-corrected chi connectivity index (χ2v) is 7.27. The summed E-state index contributed by atoms with van der Waals surface area (Å²) in [6, 6.07) is 5.01. The number of quaternary nitrogens is 1. The van der Waals surface area contributed by atoms with Gasteiger partial charge in [-0.15, -0.1) is 0 Å². The number of amides is 2. The number of rotatable bonds is 6. The number of hydrogen-bond acceptors (Lipinski definition) is 3. The topological polar surface area (TPSA) is 63.1 Å². The van der Waals surface area contributed by atoms with E-state index in [2.05, 4.69) is 5.32 Å². The van der Waals surface area contributed by atoms with Crippen LogP contribution < -0.4 is 15.0 Å². The Morgan fingerprint density at radius 2 is 1.85 bits per heavy atom. The predicted octanol–water partition coefficient (Wildman–Crippen LogP) is 1.59. The van der Waals surface area contributed by atoms with Crippen LogP contribution in [0.3, 0.4) is 0 Å². The van der Waals surface area contributed by atoms with Crippen LogP contribution in [0.5, 0.6) is 5.75 Å². The van der Waals surface area contributed by atoms with E-state index in [-0.39, 0.29) is 18.4 Å². The molecule has 0 saturated carbocycles. The molecule has 1 aromatic carbocycles. The molecule has 1 fully saturated rings. The first-order chi connectivity index (χ1) is 12.5. The van der Waals surface area contributed by atoms with Crippen molar-refractivity contribution in [3.8, 4) is 5.75 Å². The van der Waals surface area contributed by atoms with Crippen molar-refractivity contribution in [2.45, 2.75) is 32.1 Å². The number of nitrogens with one attached hydrogen (secondary N) is 2. The molecule has 0 aromatic heterocycles. The molecule has 0 spiro atoms. The van der Waals surface area contributed by atoms with Crippen molar-refractivity contribution in [3.63, 3.8) is 0 Å². The molecule has 2 rings (SSSR count). The Balaban J connectivity index is 1.85. The largest absolute Gasteiger partial charge is 0.495 e. The molecule has 0 radical (unpaired) electrons. The Morgan fingerprint density at radius 3 is 2.50 bits per heavy atom. The first-order valence-corrected chi connectivity index (χ1v) is 9.58. The third-order valence-corrected chi connectivity index (χ3v) is 4.94. The highest BCUT2D eigenvalue weighted by Gasteiger charge is 2.20. The summed E-state index contributed by atoms with van der Waals surface area (Å²) in [5.74, 6) is 0.250. The Labute approximate surface area is 160 Å². The number of likely N-dealkylation sites (tertiary alicyclic amines) is 1. The predicted molar refractivity (Wildman–Crippen MR) is 103 cm³/mol. The molecule has 6 nitrogen and oxygen atoms in total. The standard InChI is InChI=1S/C19H28ClN3O3/c1-22(19(25)14-23-10-6-4-3-5-7-11-23)13-18(24)21-16-12-15(20)8-9-17(16)26-2/h8-9,12H,3-7,10-11,13-14H2,1-2H3,(H,21,24)/p+1. The fraction of sp³-hybridized carbons (Fsp3) is 0.579. The number of carbonyl (C=O) groups excluding carboxylic acids is 2. The molecule has 0 aliphatic carbocycles. The lowest BCUT2D eigenvalue weighted by atomic mass is 10.1. The van der Waals surface area contributed by atoms with E-state index < -0.39 is 0 Å². The molecule has 1 saturated heterocycles. The molecule has 0 atom stereocenters. The van der Waals surface area contributed by atoms with E-state index in [4.69, 9.17) is 16.3 Å². The Morgan fingerprint density at radius 1 is 1.19 bits per heavy atom. The lowest BCUT2D eigenvalue weighted by Gasteiger charge is -2.24. The lowest BCUT2D eigenvalue weighted by Crippen LogP contribution is -3.13. The van der Waals surface area contributed by atoms with E-state index in [1.54, 1.807) is 25.2 Å². The maximum absolute atomic E-state index is 12.5. The van der Waals surface area contributed by atoms with Gasteiger partial charge in [-0.25, -0.2) is 0 Å². The molecule has 144 valence electrons. The summed E-state index contributed by atoms with van der Waals surface area (Å²) in [5.41, 5.74) is 0.500. The average molecular weight is 383 g/mol. The van der Waals surface area contributed by atoms with Crippen LogP contribution in [0.2, 0.25) is 5.02 Å². The van der Waals surface area contributed by atoms with Crippen molar-refractivity contribution in [2.24, 2.45) is 0 Å². The van der Waals surface area contributed by atoms with Crippen molar-refractivity contribution in [2.75, 3.05) is 45.7 Å². The number of anilines is 1. The maximum atomic E-state index is 12.5. The number of nitrogens with zero attached hydrogens (tertiary/aromatic N) is 1. The van der Waals surface area contributed by atoms with Gasteiger partial charge in [0.15, 0.2) is 6.54 Å². The van der Waals surface area contributed by atoms with Crippen LogP contribution in [-0.4, -0.2) is 57.1 Å². The van der Waals surface area contributed by atoms with E-state index in [1.165, 1.54) is 49.0 Å². The number of halogens is 1. The molecule has 0 bridgehead atoms. The van der Waals surface area contributed by atoms with Gasteiger partial charge in [0.1, 0.15) is 5.75 Å². The van der Waals surface area contributed by atoms with Crippen LogP contribution in [0, 0.1) is 0 Å².